The molecule has 0 saturated carbocycles. The molecule has 0 amide bonds. The number of carbonyl (C=O) groups excluding carboxylic acids is 1. The van der Waals surface area contributed by atoms with Crippen LogP contribution in [0, 0.1) is 0 Å². The van der Waals surface area contributed by atoms with Gasteiger partial charge in [-0.05, 0) is 24.6 Å². The summed E-state index contributed by atoms with van der Waals surface area (Å²) in [5.41, 5.74) is 6.80. The first-order chi connectivity index (χ1) is 7.13. The first-order valence-electron chi connectivity index (χ1n) is 4.80. The number of hydrogen-bond donors (Lipinski definition) is 1. The Morgan fingerprint density at radius 3 is 2.60 bits per heavy atom. The van der Waals surface area contributed by atoms with Gasteiger partial charge in [-0.25, -0.2) is 0 Å². The Balaban J connectivity index is 2.57. The minimum atomic E-state index is -0.294. The molecular weight excluding hydrogens is 258 g/mol. The summed E-state index contributed by atoms with van der Waals surface area (Å²) in [6, 6.07) is 7.31. The highest BCUT2D eigenvalue weighted by molar-refractivity contribution is 9.10. The molecule has 0 aromatic heterocycles. The summed E-state index contributed by atoms with van der Waals surface area (Å²) in [6.45, 7) is 2.18. The Labute approximate surface area is 97.7 Å². The van der Waals surface area contributed by atoms with Crippen LogP contribution >= 0.6 is 15.9 Å². The summed E-state index contributed by atoms with van der Waals surface area (Å²) < 4.78 is 5.82. The molecule has 0 aliphatic heterocycles. The molecule has 82 valence electrons. The van der Waals surface area contributed by atoms with Crippen molar-refractivity contribution in [2.45, 2.75) is 19.4 Å². The van der Waals surface area contributed by atoms with Crippen LogP contribution in [0.15, 0.2) is 28.7 Å². The van der Waals surface area contributed by atoms with Gasteiger partial charge in [-0.15, -0.1) is 0 Å². The highest BCUT2D eigenvalue weighted by atomic mass is 79.9. The summed E-state index contributed by atoms with van der Waals surface area (Å²) >= 11 is 3.34. The zero-order valence-electron chi connectivity index (χ0n) is 8.57. The number of halogens is 1. The van der Waals surface area contributed by atoms with E-state index >= 15 is 0 Å². The third-order valence-electron chi connectivity index (χ3n) is 1.99. The van der Waals surface area contributed by atoms with Gasteiger partial charge in [-0.3, -0.25) is 4.79 Å². The fourth-order valence-corrected chi connectivity index (χ4v) is 1.49. The number of benzene rings is 1. The molecule has 0 spiro atoms. The van der Waals surface area contributed by atoms with E-state index in [0.717, 1.165) is 10.0 Å². The maximum absolute atomic E-state index is 11.2. The van der Waals surface area contributed by atoms with Crippen LogP contribution in [0.5, 0.6) is 0 Å². The van der Waals surface area contributed by atoms with Gasteiger partial charge in [0.1, 0.15) is 0 Å². The third kappa shape index (κ3) is 4.01. The standard InChI is InChI=1S/C11H14BrNO2/c1-2-15-11(14)7-10(13)8-3-5-9(12)6-4-8/h3-6,10H,2,7,13H2,1H3/t10-/m0/s1. The second kappa shape index (κ2) is 5.88. The molecule has 1 aromatic rings. The Morgan fingerprint density at radius 1 is 1.47 bits per heavy atom. The van der Waals surface area contributed by atoms with E-state index in [-0.39, 0.29) is 18.4 Å². The molecule has 2 N–H and O–H groups in total. The molecular formula is C11H14BrNO2. The number of rotatable bonds is 4. The van der Waals surface area contributed by atoms with Crippen LogP contribution in [0.3, 0.4) is 0 Å². The summed E-state index contributed by atoms with van der Waals surface area (Å²) in [5.74, 6) is -0.257. The molecule has 0 aliphatic carbocycles. The molecule has 0 bridgehead atoms. The lowest BCUT2D eigenvalue weighted by Gasteiger charge is -2.10. The van der Waals surface area contributed by atoms with Crippen LogP contribution in [0.1, 0.15) is 24.9 Å². The van der Waals surface area contributed by atoms with Gasteiger partial charge >= 0.3 is 5.97 Å². The first-order valence-corrected chi connectivity index (χ1v) is 5.59. The Morgan fingerprint density at radius 2 is 2.07 bits per heavy atom. The quantitative estimate of drug-likeness (QED) is 0.856. The van der Waals surface area contributed by atoms with Crippen LogP contribution < -0.4 is 5.73 Å². The molecule has 0 heterocycles. The molecule has 1 atom stereocenters. The fraction of sp³-hybridized carbons (Fsp3) is 0.364. The van der Waals surface area contributed by atoms with Gasteiger partial charge in [0.05, 0.1) is 13.0 Å². The van der Waals surface area contributed by atoms with Crippen LogP contribution in [-0.4, -0.2) is 12.6 Å². The van der Waals surface area contributed by atoms with Crippen LogP contribution in [0.2, 0.25) is 0 Å². The van der Waals surface area contributed by atoms with Crippen molar-refractivity contribution >= 4 is 21.9 Å². The Kier molecular flexibility index (Phi) is 4.78. The van der Waals surface area contributed by atoms with E-state index in [9.17, 15) is 4.79 Å². The second-order valence-electron chi connectivity index (χ2n) is 3.17. The summed E-state index contributed by atoms with van der Waals surface area (Å²) in [7, 11) is 0. The van der Waals surface area contributed by atoms with Crippen LogP contribution in [-0.2, 0) is 9.53 Å². The highest BCUT2D eigenvalue weighted by Crippen LogP contribution is 2.17. The lowest BCUT2D eigenvalue weighted by Crippen LogP contribution is -2.17. The minimum absolute atomic E-state index is 0.218. The van der Waals surface area contributed by atoms with Gasteiger partial charge in [-0.1, -0.05) is 28.1 Å². The predicted molar refractivity (Wildman–Crippen MR) is 62.3 cm³/mol. The maximum Gasteiger partial charge on any atom is 0.307 e. The van der Waals surface area contributed by atoms with Gasteiger partial charge < -0.3 is 10.5 Å². The Hall–Kier alpha value is -0.870. The maximum atomic E-state index is 11.2. The molecule has 15 heavy (non-hydrogen) atoms. The van der Waals surface area contributed by atoms with Crippen molar-refractivity contribution in [2.24, 2.45) is 5.73 Å². The topological polar surface area (TPSA) is 52.3 Å². The number of esters is 1. The summed E-state index contributed by atoms with van der Waals surface area (Å²) in [5, 5.41) is 0. The molecule has 0 saturated heterocycles. The Bertz CT molecular complexity index is 324. The van der Waals surface area contributed by atoms with Crippen LogP contribution in [0.25, 0.3) is 0 Å². The minimum Gasteiger partial charge on any atom is -0.466 e. The van der Waals surface area contributed by atoms with Crippen molar-refractivity contribution in [3.8, 4) is 0 Å². The van der Waals surface area contributed by atoms with Gasteiger partial charge in [0.2, 0.25) is 0 Å². The third-order valence-corrected chi connectivity index (χ3v) is 2.52. The molecule has 0 radical (unpaired) electrons. The van der Waals surface area contributed by atoms with Gasteiger partial charge in [0, 0.05) is 10.5 Å². The zero-order valence-corrected chi connectivity index (χ0v) is 10.2. The first kappa shape index (κ1) is 12.2. The average Bonchev–Trinajstić information content (AvgIpc) is 2.18. The normalized spacial score (nSPS) is 12.2. The number of carbonyl (C=O) groups is 1. The fourth-order valence-electron chi connectivity index (χ4n) is 1.23. The SMILES string of the molecule is CCOC(=O)C[C@H](N)c1ccc(Br)cc1. The monoisotopic (exact) mass is 271 g/mol. The van der Waals surface area contributed by atoms with Crippen molar-refractivity contribution in [2.75, 3.05) is 6.61 Å². The van der Waals surface area contributed by atoms with Crippen molar-refractivity contribution in [1.82, 2.24) is 0 Å². The molecule has 3 nitrogen and oxygen atoms in total. The number of hydrogen-bond acceptors (Lipinski definition) is 3. The van der Waals surface area contributed by atoms with Crippen molar-refractivity contribution in [1.29, 1.82) is 0 Å². The average molecular weight is 272 g/mol. The van der Waals surface area contributed by atoms with Crippen molar-refractivity contribution < 1.29 is 9.53 Å². The van der Waals surface area contributed by atoms with Crippen molar-refractivity contribution in [3.63, 3.8) is 0 Å². The van der Waals surface area contributed by atoms with E-state index in [4.69, 9.17) is 10.5 Å². The lowest BCUT2D eigenvalue weighted by atomic mass is 10.1. The van der Waals surface area contributed by atoms with E-state index in [1.807, 2.05) is 24.3 Å². The van der Waals surface area contributed by atoms with Crippen molar-refractivity contribution in [3.05, 3.63) is 34.3 Å². The van der Waals surface area contributed by atoms with E-state index in [2.05, 4.69) is 15.9 Å². The van der Waals surface area contributed by atoms with E-state index in [1.54, 1.807) is 6.92 Å². The smallest absolute Gasteiger partial charge is 0.307 e. The van der Waals surface area contributed by atoms with E-state index < -0.39 is 0 Å². The molecule has 0 unspecified atom stereocenters. The lowest BCUT2D eigenvalue weighted by molar-refractivity contribution is -0.143. The highest BCUT2D eigenvalue weighted by Gasteiger charge is 2.11. The predicted octanol–water partition coefficient (Wildman–Crippen LogP) is 2.40. The summed E-state index contributed by atoms with van der Waals surface area (Å²) in [6.07, 6.45) is 0.218. The molecule has 1 aromatic carbocycles. The molecule has 4 heteroatoms. The summed E-state index contributed by atoms with van der Waals surface area (Å²) in [4.78, 5) is 11.2. The number of nitrogens with two attached hydrogens (primary N) is 1. The molecule has 0 fully saturated rings. The van der Waals surface area contributed by atoms with E-state index in [1.165, 1.54) is 0 Å². The van der Waals surface area contributed by atoms with Gasteiger partial charge in [-0.2, -0.15) is 0 Å². The van der Waals surface area contributed by atoms with Crippen LogP contribution in [0.4, 0.5) is 0 Å². The van der Waals surface area contributed by atoms with Gasteiger partial charge in [0.25, 0.3) is 0 Å². The van der Waals surface area contributed by atoms with Gasteiger partial charge in [0.15, 0.2) is 0 Å². The zero-order chi connectivity index (χ0) is 11.3. The second-order valence-corrected chi connectivity index (χ2v) is 4.08. The largest absolute Gasteiger partial charge is 0.466 e. The van der Waals surface area contributed by atoms with E-state index in [0.29, 0.717) is 6.61 Å². The molecule has 1 rings (SSSR count). The molecule has 0 aliphatic rings. The number of ether oxygens (including phenoxy) is 1.